The van der Waals surface area contributed by atoms with Crippen molar-refractivity contribution in [2.75, 3.05) is 23.7 Å². The molecule has 5 heterocycles. The fourth-order valence-corrected chi connectivity index (χ4v) is 5.36. The molecule has 0 saturated carbocycles. The molecule has 196 valence electrons. The lowest BCUT2D eigenvalue weighted by Crippen LogP contribution is -2.29. The molecule has 9 nitrogen and oxygen atoms in total. The molecule has 0 unspecified atom stereocenters. The monoisotopic (exact) mass is 535 g/mol. The summed E-state index contributed by atoms with van der Waals surface area (Å²) in [5, 5.41) is 11.6. The Hall–Kier alpha value is -3.90. The first-order chi connectivity index (χ1) is 18.5. The van der Waals surface area contributed by atoms with Crippen molar-refractivity contribution in [1.82, 2.24) is 33.4 Å². The fraction of sp³-hybridized carbons (Fsp3) is 0.308. The van der Waals surface area contributed by atoms with Gasteiger partial charge in [-0.15, -0.1) is 0 Å². The van der Waals surface area contributed by atoms with Crippen molar-refractivity contribution < 1.29 is 8.78 Å². The highest BCUT2D eigenvalue weighted by Gasteiger charge is 2.16. The summed E-state index contributed by atoms with van der Waals surface area (Å²) in [5.74, 6) is -1.16. The van der Waals surface area contributed by atoms with E-state index in [1.165, 1.54) is 42.9 Å². The lowest BCUT2D eigenvalue weighted by atomic mass is 10.1. The zero-order chi connectivity index (χ0) is 26.1. The minimum Gasteiger partial charge on any atom is -0.364 e. The number of aromatic nitrogens is 6. The second-order valence-electron chi connectivity index (χ2n) is 9.42. The van der Waals surface area contributed by atoms with E-state index in [2.05, 4.69) is 41.0 Å². The molecule has 5 aromatic rings. The number of aryl methyl sites for hydroxylation is 1. The highest BCUT2D eigenvalue weighted by atomic mass is 32.1. The van der Waals surface area contributed by atoms with E-state index in [1.807, 2.05) is 23.7 Å². The molecule has 1 fully saturated rings. The predicted molar refractivity (Wildman–Crippen MR) is 143 cm³/mol. The summed E-state index contributed by atoms with van der Waals surface area (Å²) in [6.45, 7) is 5.24. The Bertz CT molecular complexity index is 1570. The molecule has 1 aliphatic heterocycles. The Morgan fingerprint density at radius 1 is 1.08 bits per heavy atom. The van der Waals surface area contributed by atoms with Crippen LogP contribution in [0.1, 0.15) is 30.7 Å². The van der Waals surface area contributed by atoms with Crippen molar-refractivity contribution in [2.24, 2.45) is 0 Å². The maximum atomic E-state index is 14.0. The van der Waals surface area contributed by atoms with E-state index in [-0.39, 0.29) is 12.4 Å². The van der Waals surface area contributed by atoms with Crippen LogP contribution >= 0.6 is 11.5 Å². The minimum absolute atomic E-state index is 0.0800. The molecule has 1 aromatic carbocycles. The first-order valence-electron chi connectivity index (χ1n) is 12.5. The van der Waals surface area contributed by atoms with Crippen LogP contribution in [0.5, 0.6) is 0 Å². The number of imidazole rings is 1. The number of nitrogens with zero attached hydrogens (tertiary/aromatic N) is 7. The average molecular weight is 536 g/mol. The predicted octanol–water partition coefficient (Wildman–Crippen LogP) is 5.44. The molecule has 4 aromatic heterocycles. The van der Waals surface area contributed by atoms with Crippen LogP contribution in [0.2, 0.25) is 0 Å². The zero-order valence-corrected chi connectivity index (χ0v) is 21.7. The third-order valence-electron chi connectivity index (χ3n) is 6.56. The van der Waals surface area contributed by atoms with E-state index in [9.17, 15) is 8.78 Å². The molecule has 0 spiro atoms. The van der Waals surface area contributed by atoms with Crippen LogP contribution in [0.25, 0.3) is 16.9 Å². The van der Waals surface area contributed by atoms with Crippen LogP contribution in [-0.2, 0) is 13.2 Å². The summed E-state index contributed by atoms with van der Waals surface area (Å²) in [7, 11) is 0. The van der Waals surface area contributed by atoms with Gasteiger partial charge in [-0.05, 0) is 62.6 Å². The van der Waals surface area contributed by atoms with Crippen molar-refractivity contribution in [3.8, 4) is 11.3 Å². The molecule has 0 amide bonds. The van der Waals surface area contributed by atoms with Crippen LogP contribution in [0.3, 0.4) is 0 Å². The first-order valence-corrected chi connectivity index (χ1v) is 13.3. The number of rotatable bonds is 8. The molecule has 12 heteroatoms. The molecular weight excluding hydrogens is 508 g/mol. The van der Waals surface area contributed by atoms with Crippen LogP contribution in [0.4, 0.5) is 25.3 Å². The summed E-state index contributed by atoms with van der Waals surface area (Å²) in [5.41, 5.74) is 4.32. The van der Waals surface area contributed by atoms with Gasteiger partial charge in [-0.3, -0.25) is 14.0 Å². The number of halogens is 2. The number of benzene rings is 1. The van der Waals surface area contributed by atoms with E-state index in [4.69, 9.17) is 0 Å². The van der Waals surface area contributed by atoms with E-state index in [1.54, 1.807) is 17.1 Å². The standard InChI is InChI=1S/C26H27F2N9S/c1-17-13-37-22(18-11-31-36(14-18)16-30-21-7-5-6-20(27)24(21)28)12-29-26(37)25(32-17)33-23-10-19(34-38-23)15-35-8-3-2-4-9-35/h5-7,10-14,30H,2-4,8-9,15-16H2,1H3,(H,32,33). The second-order valence-corrected chi connectivity index (χ2v) is 10.2. The highest BCUT2D eigenvalue weighted by Crippen LogP contribution is 2.28. The first kappa shape index (κ1) is 24.4. The summed E-state index contributed by atoms with van der Waals surface area (Å²) in [4.78, 5) is 11.8. The summed E-state index contributed by atoms with van der Waals surface area (Å²) < 4.78 is 35.7. The topological polar surface area (TPSA) is 88.2 Å². The number of piperidine rings is 1. The quantitative estimate of drug-likeness (QED) is 0.274. The number of likely N-dealkylation sites (tertiary alicyclic amines) is 1. The van der Waals surface area contributed by atoms with Crippen LogP contribution in [0.15, 0.2) is 49.1 Å². The van der Waals surface area contributed by atoms with Crippen molar-refractivity contribution in [1.29, 1.82) is 0 Å². The number of hydrogen-bond donors (Lipinski definition) is 2. The molecule has 0 radical (unpaired) electrons. The zero-order valence-electron chi connectivity index (χ0n) is 20.9. The van der Waals surface area contributed by atoms with Gasteiger partial charge in [0.05, 0.1) is 35.2 Å². The van der Waals surface area contributed by atoms with Crippen LogP contribution in [-0.4, -0.2) is 46.5 Å². The molecule has 0 atom stereocenters. The Balaban J connectivity index is 1.19. The Labute approximate surface area is 222 Å². The van der Waals surface area contributed by atoms with Gasteiger partial charge in [-0.25, -0.2) is 18.7 Å². The highest BCUT2D eigenvalue weighted by molar-refractivity contribution is 7.10. The molecular formula is C26H27F2N9S. The summed E-state index contributed by atoms with van der Waals surface area (Å²) in [6, 6.07) is 6.11. The fourth-order valence-electron chi connectivity index (χ4n) is 4.70. The van der Waals surface area contributed by atoms with Crippen molar-refractivity contribution in [3.63, 3.8) is 0 Å². The normalized spacial score (nSPS) is 14.3. The van der Waals surface area contributed by atoms with Gasteiger partial charge < -0.3 is 10.6 Å². The Morgan fingerprint density at radius 2 is 1.95 bits per heavy atom. The van der Waals surface area contributed by atoms with Gasteiger partial charge in [0.15, 0.2) is 23.1 Å². The molecule has 6 rings (SSSR count). The minimum atomic E-state index is -0.913. The second kappa shape index (κ2) is 10.5. The maximum Gasteiger partial charge on any atom is 0.181 e. The number of anilines is 3. The van der Waals surface area contributed by atoms with Crippen LogP contribution in [0, 0.1) is 18.6 Å². The molecule has 1 aliphatic rings. The Kier molecular flexibility index (Phi) is 6.73. The van der Waals surface area contributed by atoms with Gasteiger partial charge in [-0.1, -0.05) is 12.5 Å². The maximum absolute atomic E-state index is 14.0. The van der Waals surface area contributed by atoms with Gasteiger partial charge in [0, 0.05) is 24.5 Å². The largest absolute Gasteiger partial charge is 0.364 e. The van der Waals surface area contributed by atoms with E-state index in [0.717, 1.165) is 53.3 Å². The van der Waals surface area contributed by atoms with Crippen LogP contribution < -0.4 is 10.6 Å². The third kappa shape index (κ3) is 5.09. The summed E-state index contributed by atoms with van der Waals surface area (Å²) >= 11 is 1.42. The van der Waals surface area contributed by atoms with Crippen molar-refractivity contribution in [3.05, 3.63) is 72.1 Å². The van der Waals surface area contributed by atoms with E-state index >= 15 is 0 Å². The Morgan fingerprint density at radius 3 is 2.82 bits per heavy atom. The van der Waals surface area contributed by atoms with Gasteiger partial charge in [0.2, 0.25) is 0 Å². The molecule has 0 aliphatic carbocycles. The van der Waals surface area contributed by atoms with Gasteiger partial charge >= 0.3 is 0 Å². The number of fused-ring (bicyclic) bond motifs is 1. The van der Waals surface area contributed by atoms with E-state index < -0.39 is 11.6 Å². The SMILES string of the molecule is Cc1cn2c(-c3cnn(CNc4cccc(F)c4F)c3)cnc2c(Nc2cc(CN3CCCCC3)ns2)n1. The molecule has 0 bridgehead atoms. The van der Waals surface area contributed by atoms with Gasteiger partial charge in [0.1, 0.15) is 11.7 Å². The third-order valence-corrected chi connectivity index (χ3v) is 7.30. The van der Waals surface area contributed by atoms with Gasteiger partial charge in [0.25, 0.3) is 0 Å². The van der Waals surface area contributed by atoms with E-state index in [0.29, 0.717) is 11.5 Å². The lowest BCUT2D eigenvalue weighted by Gasteiger charge is -2.25. The average Bonchev–Trinajstić information content (AvgIpc) is 3.66. The van der Waals surface area contributed by atoms with Crippen molar-refractivity contribution >= 4 is 33.7 Å². The summed E-state index contributed by atoms with van der Waals surface area (Å²) in [6.07, 6.45) is 11.1. The number of hydrogen-bond acceptors (Lipinski definition) is 8. The molecule has 2 N–H and O–H groups in total. The molecule has 38 heavy (non-hydrogen) atoms. The lowest BCUT2D eigenvalue weighted by molar-refractivity contribution is 0.219. The smallest absolute Gasteiger partial charge is 0.181 e. The number of nitrogens with one attached hydrogen (secondary N) is 2. The van der Waals surface area contributed by atoms with Crippen molar-refractivity contribution in [2.45, 2.75) is 39.4 Å². The molecule has 1 saturated heterocycles. The van der Waals surface area contributed by atoms with Gasteiger partial charge in [-0.2, -0.15) is 9.47 Å².